The Morgan fingerprint density at radius 1 is 1.71 bits per heavy atom. The average Bonchev–Trinajstić information content (AvgIpc) is 2.12. The molecule has 0 aliphatic rings. The molecule has 14 heavy (non-hydrogen) atoms. The molecule has 76 valence electrons. The minimum atomic E-state index is -0.332. The molecule has 0 amide bonds. The summed E-state index contributed by atoms with van der Waals surface area (Å²) in [7, 11) is 0. The normalized spacial score (nSPS) is 9.64. The van der Waals surface area contributed by atoms with Crippen LogP contribution in [0.1, 0.15) is 13.8 Å². The van der Waals surface area contributed by atoms with Crippen LogP contribution in [-0.4, -0.2) is 16.5 Å². The van der Waals surface area contributed by atoms with Crippen LogP contribution in [-0.2, 0) is 0 Å². The Labute approximate surface area is 87.0 Å². The van der Waals surface area contributed by atoms with E-state index in [0.29, 0.717) is 12.4 Å². The third kappa shape index (κ3) is 2.88. The second-order valence-electron chi connectivity index (χ2n) is 3.06. The highest BCUT2D eigenvalue weighted by Crippen LogP contribution is 2.11. The molecule has 5 heteroatoms. The van der Waals surface area contributed by atoms with Gasteiger partial charge < -0.3 is 10.3 Å². The van der Waals surface area contributed by atoms with Crippen LogP contribution in [0.15, 0.2) is 22.8 Å². The van der Waals surface area contributed by atoms with Gasteiger partial charge in [-0.25, -0.2) is 4.98 Å². The van der Waals surface area contributed by atoms with Crippen LogP contribution in [0.5, 0.6) is 0 Å². The molecule has 1 heterocycles. The van der Waals surface area contributed by atoms with Gasteiger partial charge in [0.15, 0.2) is 5.82 Å². The van der Waals surface area contributed by atoms with Crippen LogP contribution in [0.2, 0.25) is 5.02 Å². The van der Waals surface area contributed by atoms with Gasteiger partial charge in [-0.3, -0.25) is 4.79 Å². The first-order chi connectivity index (χ1) is 6.61. The number of allylic oxidation sites excluding steroid dienone is 1. The lowest BCUT2D eigenvalue weighted by molar-refractivity contribution is 1.10. The Balaban J connectivity index is 2.73. The van der Waals surface area contributed by atoms with Crippen LogP contribution in [0.4, 0.5) is 5.82 Å². The number of aromatic nitrogens is 2. The van der Waals surface area contributed by atoms with E-state index >= 15 is 0 Å². The van der Waals surface area contributed by atoms with Crippen LogP contribution in [0.25, 0.3) is 0 Å². The number of H-pyrrole nitrogens is 1. The standard InChI is InChI=1S/C9H12ClN3O/c1-6(2)3-4-11-8-7(10)9(14)13-5-12-8/h3,5H,4H2,1-2H3,(H2,11,12,13,14). The van der Waals surface area contributed by atoms with Crippen molar-refractivity contribution in [1.29, 1.82) is 0 Å². The molecule has 0 radical (unpaired) electrons. The van der Waals surface area contributed by atoms with E-state index in [9.17, 15) is 4.79 Å². The third-order valence-corrected chi connectivity index (χ3v) is 1.93. The summed E-state index contributed by atoms with van der Waals surface area (Å²) in [6.07, 6.45) is 3.30. The molecule has 0 atom stereocenters. The van der Waals surface area contributed by atoms with Crippen molar-refractivity contribution in [1.82, 2.24) is 9.97 Å². The van der Waals surface area contributed by atoms with Crippen molar-refractivity contribution in [2.75, 3.05) is 11.9 Å². The predicted molar refractivity (Wildman–Crippen MR) is 57.8 cm³/mol. The van der Waals surface area contributed by atoms with Gasteiger partial charge in [0.2, 0.25) is 0 Å². The first kappa shape index (κ1) is 10.8. The molecule has 2 N–H and O–H groups in total. The van der Waals surface area contributed by atoms with Gasteiger partial charge in [-0.15, -0.1) is 0 Å². The van der Waals surface area contributed by atoms with Crippen molar-refractivity contribution in [2.45, 2.75) is 13.8 Å². The number of nitrogens with zero attached hydrogens (tertiary/aromatic N) is 1. The van der Waals surface area contributed by atoms with Gasteiger partial charge in [-0.1, -0.05) is 23.3 Å². The molecule has 0 saturated carbocycles. The van der Waals surface area contributed by atoms with E-state index in [0.717, 1.165) is 0 Å². The third-order valence-electron chi connectivity index (χ3n) is 1.58. The number of halogens is 1. The number of anilines is 1. The van der Waals surface area contributed by atoms with Gasteiger partial charge in [0.05, 0.1) is 6.33 Å². The maximum absolute atomic E-state index is 11.1. The first-order valence-electron chi connectivity index (χ1n) is 4.21. The second-order valence-corrected chi connectivity index (χ2v) is 3.43. The molecular weight excluding hydrogens is 202 g/mol. The maximum atomic E-state index is 11.1. The van der Waals surface area contributed by atoms with Crippen molar-refractivity contribution in [3.63, 3.8) is 0 Å². The zero-order valence-electron chi connectivity index (χ0n) is 8.10. The average molecular weight is 214 g/mol. The van der Waals surface area contributed by atoms with E-state index in [1.165, 1.54) is 11.9 Å². The van der Waals surface area contributed by atoms with E-state index in [2.05, 4.69) is 15.3 Å². The van der Waals surface area contributed by atoms with E-state index < -0.39 is 0 Å². The van der Waals surface area contributed by atoms with E-state index in [1.807, 2.05) is 19.9 Å². The number of hydrogen-bond acceptors (Lipinski definition) is 3. The fraction of sp³-hybridized carbons (Fsp3) is 0.333. The zero-order chi connectivity index (χ0) is 10.6. The Kier molecular flexibility index (Phi) is 3.71. The molecule has 0 bridgehead atoms. The monoisotopic (exact) mass is 213 g/mol. The lowest BCUT2D eigenvalue weighted by atomic mass is 10.3. The molecule has 0 aromatic carbocycles. The summed E-state index contributed by atoms with van der Waals surface area (Å²) in [5.41, 5.74) is 0.861. The predicted octanol–water partition coefficient (Wildman–Crippen LogP) is 1.80. The topological polar surface area (TPSA) is 57.8 Å². The highest BCUT2D eigenvalue weighted by Gasteiger charge is 2.03. The van der Waals surface area contributed by atoms with Crippen molar-refractivity contribution < 1.29 is 0 Å². The molecule has 0 aliphatic heterocycles. The summed E-state index contributed by atoms with van der Waals surface area (Å²) < 4.78 is 0. The minimum absolute atomic E-state index is 0.0923. The quantitative estimate of drug-likeness (QED) is 0.753. The summed E-state index contributed by atoms with van der Waals surface area (Å²) in [5, 5.41) is 3.04. The van der Waals surface area contributed by atoms with Crippen molar-refractivity contribution >= 4 is 17.4 Å². The number of rotatable bonds is 3. The molecular formula is C9H12ClN3O. The summed E-state index contributed by atoms with van der Waals surface area (Å²) in [4.78, 5) is 17.3. The fourth-order valence-electron chi connectivity index (χ4n) is 0.858. The van der Waals surface area contributed by atoms with Crippen LogP contribution < -0.4 is 10.9 Å². The van der Waals surface area contributed by atoms with Gasteiger partial charge in [-0.05, 0) is 13.8 Å². The van der Waals surface area contributed by atoms with Gasteiger partial charge in [-0.2, -0.15) is 0 Å². The van der Waals surface area contributed by atoms with Gasteiger partial charge in [0.1, 0.15) is 5.02 Å². The first-order valence-corrected chi connectivity index (χ1v) is 4.59. The van der Waals surface area contributed by atoms with Crippen LogP contribution in [0, 0.1) is 0 Å². The summed E-state index contributed by atoms with van der Waals surface area (Å²) in [6, 6.07) is 0. The number of nitrogens with one attached hydrogen (secondary N) is 2. The van der Waals surface area contributed by atoms with Gasteiger partial charge >= 0.3 is 0 Å². The molecule has 0 spiro atoms. The smallest absolute Gasteiger partial charge is 0.271 e. The highest BCUT2D eigenvalue weighted by molar-refractivity contribution is 6.32. The van der Waals surface area contributed by atoms with Crippen molar-refractivity contribution in [3.8, 4) is 0 Å². The number of aromatic amines is 1. The molecule has 1 rings (SSSR count). The molecule has 0 aliphatic carbocycles. The highest BCUT2D eigenvalue weighted by atomic mass is 35.5. The van der Waals surface area contributed by atoms with Crippen LogP contribution in [0.3, 0.4) is 0 Å². The SMILES string of the molecule is CC(C)=CCNc1nc[nH]c(=O)c1Cl. The number of hydrogen-bond donors (Lipinski definition) is 2. The Hall–Kier alpha value is -1.29. The minimum Gasteiger partial charge on any atom is -0.365 e. The van der Waals surface area contributed by atoms with Gasteiger partial charge in [0.25, 0.3) is 5.56 Å². The molecule has 1 aromatic heterocycles. The zero-order valence-corrected chi connectivity index (χ0v) is 8.85. The van der Waals surface area contributed by atoms with E-state index in [1.54, 1.807) is 0 Å². The van der Waals surface area contributed by atoms with Crippen molar-refractivity contribution in [2.24, 2.45) is 0 Å². The summed E-state index contributed by atoms with van der Waals surface area (Å²) in [6.45, 7) is 4.60. The van der Waals surface area contributed by atoms with E-state index in [-0.39, 0.29) is 10.6 Å². The fourth-order valence-corrected chi connectivity index (χ4v) is 1.03. The molecule has 0 saturated heterocycles. The van der Waals surface area contributed by atoms with Gasteiger partial charge in [0, 0.05) is 6.54 Å². The summed E-state index contributed by atoms with van der Waals surface area (Å²) in [5.74, 6) is 0.410. The molecule has 0 unspecified atom stereocenters. The lowest BCUT2D eigenvalue weighted by Gasteiger charge is -2.03. The molecule has 4 nitrogen and oxygen atoms in total. The maximum Gasteiger partial charge on any atom is 0.271 e. The Bertz CT molecular complexity index is 393. The summed E-state index contributed by atoms with van der Waals surface area (Å²) >= 11 is 5.72. The largest absolute Gasteiger partial charge is 0.365 e. The lowest BCUT2D eigenvalue weighted by Crippen LogP contribution is -2.11. The second kappa shape index (κ2) is 4.81. The van der Waals surface area contributed by atoms with E-state index in [4.69, 9.17) is 11.6 Å². The van der Waals surface area contributed by atoms with Crippen molar-refractivity contribution in [3.05, 3.63) is 33.4 Å². The Morgan fingerprint density at radius 2 is 2.43 bits per heavy atom. The Morgan fingerprint density at radius 3 is 3.07 bits per heavy atom. The molecule has 0 fully saturated rings. The van der Waals surface area contributed by atoms with Crippen LogP contribution >= 0.6 is 11.6 Å². The molecule has 1 aromatic rings.